The lowest BCUT2D eigenvalue weighted by atomic mass is 10.1. The molecule has 0 aliphatic carbocycles. The number of hydrogen-bond acceptors (Lipinski definition) is 4. The molecular formula is C17H23ClN6O. The Morgan fingerprint density at radius 3 is 2.88 bits per heavy atom. The zero-order valence-corrected chi connectivity index (χ0v) is 15.0. The first-order chi connectivity index (χ1) is 12.2. The first-order valence-corrected chi connectivity index (χ1v) is 9.23. The molecule has 0 aromatic carbocycles. The molecule has 8 heteroatoms. The van der Waals surface area contributed by atoms with E-state index in [1.54, 1.807) is 17.1 Å². The van der Waals surface area contributed by atoms with Gasteiger partial charge in [0.05, 0.1) is 17.8 Å². The fraction of sp³-hybridized carbons (Fsp3) is 0.588. The number of imidazole rings is 1. The fourth-order valence-electron chi connectivity index (χ4n) is 3.84. The third kappa shape index (κ3) is 3.88. The molecule has 1 saturated heterocycles. The number of fused-ring (bicyclic) bond motifs is 1. The minimum atomic E-state index is 0.0580. The van der Waals surface area contributed by atoms with Crippen molar-refractivity contribution in [1.29, 1.82) is 0 Å². The Kier molecular flexibility index (Phi) is 4.76. The Hall–Kier alpha value is -1.86. The molecule has 25 heavy (non-hydrogen) atoms. The maximum Gasteiger partial charge on any atom is 0.244 e. The number of amides is 1. The van der Waals surface area contributed by atoms with Gasteiger partial charge in [-0.3, -0.25) is 9.48 Å². The lowest BCUT2D eigenvalue weighted by Crippen LogP contribution is -2.39. The van der Waals surface area contributed by atoms with E-state index in [0.717, 1.165) is 25.5 Å². The highest BCUT2D eigenvalue weighted by molar-refractivity contribution is 6.30. The Bertz CT molecular complexity index is 735. The van der Waals surface area contributed by atoms with Gasteiger partial charge in [-0.1, -0.05) is 11.6 Å². The molecular weight excluding hydrogens is 340 g/mol. The summed E-state index contributed by atoms with van der Waals surface area (Å²) in [5.41, 5.74) is 0. The van der Waals surface area contributed by atoms with E-state index in [1.807, 2.05) is 17.3 Å². The summed E-state index contributed by atoms with van der Waals surface area (Å²) in [6.45, 7) is 5.83. The monoisotopic (exact) mass is 362 g/mol. The molecule has 0 saturated carbocycles. The zero-order chi connectivity index (χ0) is 17.2. The van der Waals surface area contributed by atoms with Crippen LogP contribution in [0.25, 0.3) is 0 Å². The molecule has 7 nitrogen and oxygen atoms in total. The number of nitrogens with zero attached hydrogens (tertiary/aromatic N) is 6. The van der Waals surface area contributed by atoms with Gasteiger partial charge in [0, 0.05) is 44.1 Å². The Morgan fingerprint density at radius 2 is 2.12 bits per heavy atom. The molecule has 2 aliphatic rings. The summed E-state index contributed by atoms with van der Waals surface area (Å²) in [5.74, 6) is 1.43. The molecule has 1 unspecified atom stereocenters. The number of halogens is 1. The normalized spacial score (nSPS) is 21.3. The van der Waals surface area contributed by atoms with Crippen molar-refractivity contribution >= 4 is 17.5 Å². The predicted octanol–water partition coefficient (Wildman–Crippen LogP) is 1.49. The van der Waals surface area contributed by atoms with E-state index in [-0.39, 0.29) is 12.5 Å². The van der Waals surface area contributed by atoms with Crippen molar-refractivity contribution in [3.63, 3.8) is 0 Å². The number of carbonyl (C=O) groups excluding carboxylic acids is 1. The summed E-state index contributed by atoms with van der Waals surface area (Å²) in [6, 6.07) is 0. The van der Waals surface area contributed by atoms with Crippen molar-refractivity contribution in [2.45, 2.75) is 32.5 Å². The summed E-state index contributed by atoms with van der Waals surface area (Å²) in [7, 11) is 0. The van der Waals surface area contributed by atoms with Gasteiger partial charge in [0.1, 0.15) is 12.4 Å². The van der Waals surface area contributed by atoms with Crippen LogP contribution in [0.2, 0.25) is 5.02 Å². The highest BCUT2D eigenvalue weighted by atomic mass is 35.5. The topological polar surface area (TPSA) is 59.2 Å². The van der Waals surface area contributed by atoms with E-state index in [0.29, 0.717) is 17.5 Å². The van der Waals surface area contributed by atoms with Gasteiger partial charge >= 0.3 is 0 Å². The summed E-state index contributed by atoms with van der Waals surface area (Å²) < 4.78 is 3.79. The molecule has 1 atom stereocenters. The zero-order valence-electron chi connectivity index (χ0n) is 14.2. The SMILES string of the molecule is O=C(Cn1cc(Cl)cn1)N1Cc2nccn2CC(CN2CCCC2)C1. The highest BCUT2D eigenvalue weighted by Gasteiger charge is 2.27. The van der Waals surface area contributed by atoms with Gasteiger partial charge in [0.2, 0.25) is 5.91 Å². The first-order valence-electron chi connectivity index (χ1n) is 8.85. The molecule has 2 aromatic rings. The molecule has 4 rings (SSSR count). The molecule has 1 fully saturated rings. The summed E-state index contributed by atoms with van der Waals surface area (Å²) in [4.78, 5) is 21.7. The van der Waals surface area contributed by atoms with Gasteiger partial charge in [0.15, 0.2) is 0 Å². The molecule has 2 aromatic heterocycles. The minimum Gasteiger partial charge on any atom is -0.333 e. The second kappa shape index (κ2) is 7.17. The van der Waals surface area contributed by atoms with Gasteiger partial charge in [-0.15, -0.1) is 0 Å². The largest absolute Gasteiger partial charge is 0.333 e. The van der Waals surface area contributed by atoms with Crippen LogP contribution in [0.1, 0.15) is 18.7 Å². The minimum absolute atomic E-state index is 0.0580. The Morgan fingerprint density at radius 1 is 1.28 bits per heavy atom. The van der Waals surface area contributed by atoms with Gasteiger partial charge in [-0.25, -0.2) is 4.98 Å². The average molecular weight is 363 g/mol. The van der Waals surface area contributed by atoms with Crippen LogP contribution in [0.3, 0.4) is 0 Å². The van der Waals surface area contributed by atoms with Crippen LogP contribution in [0.5, 0.6) is 0 Å². The quantitative estimate of drug-likeness (QED) is 0.826. The number of carbonyl (C=O) groups is 1. The van der Waals surface area contributed by atoms with Crippen LogP contribution in [0.4, 0.5) is 0 Å². The third-order valence-electron chi connectivity index (χ3n) is 5.03. The van der Waals surface area contributed by atoms with Crippen LogP contribution < -0.4 is 0 Å². The van der Waals surface area contributed by atoms with Gasteiger partial charge in [-0.2, -0.15) is 5.10 Å². The standard InChI is InChI=1S/C17H23ClN6O/c18-15-7-20-24(11-15)13-17(25)23-10-14(8-21-4-1-2-5-21)9-22-6-3-19-16(22)12-23/h3,6-7,11,14H,1-2,4-5,8-10,12-13H2. The first kappa shape index (κ1) is 16.6. The molecule has 0 N–H and O–H groups in total. The van der Waals surface area contributed by atoms with Crippen molar-refractivity contribution < 1.29 is 4.79 Å². The van der Waals surface area contributed by atoms with Crippen LogP contribution in [-0.2, 0) is 24.4 Å². The second-order valence-corrected chi connectivity index (χ2v) is 7.44. The predicted molar refractivity (Wildman–Crippen MR) is 94.0 cm³/mol. The lowest BCUT2D eigenvalue weighted by molar-refractivity contribution is -0.133. The summed E-state index contributed by atoms with van der Waals surface area (Å²) in [6.07, 6.45) is 9.65. The van der Waals surface area contributed by atoms with Crippen molar-refractivity contribution in [1.82, 2.24) is 29.1 Å². The Balaban J connectivity index is 1.48. The molecule has 0 spiro atoms. The van der Waals surface area contributed by atoms with Crippen LogP contribution in [0.15, 0.2) is 24.8 Å². The van der Waals surface area contributed by atoms with E-state index in [2.05, 4.69) is 19.5 Å². The van der Waals surface area contributed by atoms with E-state index in [1.165, 1.54) is 25.9 Å². The highest BCUT2D eigenvalue weighted by Crippen LogP contribution is 2.19. The summed E-state index contributed by atoms with van der Waals surface area (Å²) in [5, 5.41) is 4.67. The molecule has 0 bridgehead atoms. The second-order valence-electron chi connectivity index (χ2n) is 7.00. The fourth-order valence-corrected chi connectivity index (χ4v) is 4.00. The molecule has 2 aliphatic heterocycles. The van der Waals surface area contributed by atoms with Crippen molar-refractivity contribution in [3.8, 4) is 0 Å². The number of rotatable bonds is 4. The van der Waals surface area contributed by atoms with E-state index in [9.17, 15) is 4.79 Å². The smallest absolute Gasteiger partial charge is 0.244 e. The van der Waals surface area contributed by atoms with Gasteiger partial charge in [0.25, 0.3) is 0 Å². The maximum absolute atomic E-state index is 12.8. The summed E-state index contributed by atoms with van der Waals surface area (Å²) >= 11 is 5.90. The van der Waals surface area contributed by atoms with Gasteiger partial charge in [-0.05, 0) is 25.9 Å². The van der Waals surface area contributed by atoms with Crippen molar-refractivity contribution in [3.05, 3.63) is 35.6 Å². The Labute approximate surface area is 152 Å². The lowest BCUT2D eigenvalue weighted by Gasteiger charge is -2.27. The third-order valence-corrected chi connectivity index (χ3v) is 5.23. The van der Waals surface area contributed by atoms with E-state index >= 15 is 0 Å². The molecule has 0 radical (unpaired) electrons. The van der Waals surface area contributed by atoms with Crippen molar-refractivity contribution in [2.24, 2.45) is 5.92 Å². The van der Waals surface area contributed by atoms with E-state index in [4.69, 9.17) is 11.6 Å². The number of likely N-dealkylation sites (tertiary alicyclic amines) is 1. The van der Waals surface area contributed by atoms with Crippen LogP contribution >= 0.6 is 11.6 Å². The number of aromatic nitrogens is 4. The van der Waals surface area contributed by atoms with Crippen molar-refractivity contribution in [2.75, 3.05) is 26.2 Å². The van der Waals surface area contributed by atoms with Crippen LogP contribution in [0, 0.1) is 5.92 Å². The van der Waals surface area contributed by atoms with E-state index < -0.39 is 0 Å². The number of hydrogen-bond donors (Lipinski definition) is 0. The van der Waals surface area contributed by atoms with Crippen LogP contribution in [-0.4, -0.2) is 61.2 Å². The molecule has 1 amide bonds. The molecule has 4 heterocycles. The average Bonchev–Trinajstić information content (AvgIpc) is 3.30. The molecule has 134 valence electrons. The maximum atomic E-state index is 12.8. The van der Waals surface area contributed by atoms with Gasteiger partial charge < -0.3 is 14.4 Å².